The quantitative estimate of drug-likeness (QED) is 0.848. The molecule has 1 amide bonds. The number of esters is 1. The standard InChI is InChI=1S/C18H22N2O4/c1-10(2)17-16(13(5)20-24-17)18(22)23-9-15(21)19-14-7-11(3)6-12(4)8-14/h6-8,10H,9H2,1-5H3,(H,19,21). The minimum absolute atomic E-state index is 0.00199. The van der Waals surface area contributed by atoms with Crippen molar-refractivity contribution in [2.75, 3.05) is 11.9 Å². The van der Waals surface area contributed by atoms with Crippen molar-refractivity contribution in [3.8, 4) is 0 Å². The highest BCUT2D eigenvalue weighted by Crippen LogP contribution is 2.23. The molecule has 0 atom stereocenters. The van der Waals surface area contributed by atoms with E-state index in [-0.39, 0.29) is 12.5 Å². The molecule has 6 nitrogen and oxygen atoms in total. The number of benzene rings is 1. The van der Waals surface area contributed by atoms with E-state index in [9.17, 15) is 9.59 Å². The number of rotatable bonds is 5. The topological polar surface area (TPSA) is 81.4 Å². The van der Waals surface area contributed by atoms with Gasteiger partial charge in [0.1, 0.15) is 5.56 Å². The number of aromatic nitrogens is 1. The van der Waals surface area contributed by atoms with Crippen LogP contribution >= 0.6 is 0 Å². The number of carbonyl (C=O) groups is 2. The van der Waals surface area contributed by atoms with Gasteiger partial charge in [-0.25, -0.2) is 4.79 Å². The predicted octanol–water partition coefficient (Wildman–Crippen LogP) is 3.52. The maximum Gasteiger partial charge on any atom is 0.344 e. The highest BCUT2D eigenvalue weighted by Gasteiger charge is 2.24. The van der Waals surface area contributed by atoms with Crippen LogP contribution in [0.1, 0.15) is 52.7 Å². The van der Waals surface area contributed by atoms with Crippen LogP contribution in [0, 0.1) is 20.8 Å². The minimum atomic E-state index is -0.604. The second-order valence-electron chi connectivity index (χ2n) is 6.16. The van der Waals surface area contributed by atoms with E-state index < -0.39 is 11.9 Å². The number of amides is 1. The molecule has 2 aromatic rings. The van der Waals surface area contributed by atoms with Crippen LogP contribution in [0.2, 0.25) is 0 Å². The van der Waals surface area contributed by atoms with Crippen molar-refractivity contribution in [1.82, 2.24) is 5.16 Å². The molecular weight excluding hydrogens is 308 g/mol. The molecule has 0 bridgehead atoms. The van der Waals surface area contributed by atoms with E-state index >= 15 is 0 Å². The summed E-state index contributed by atoms with van der Waals surface area (Å²) >= 11 is 0. The number of aryl methyl sites for hydroxylation is 3. The molecule has 0 saturated heterocycles. The molecule has 1 aromatic carbocycles. The summed E-state index contributed by atoms with van der Waals surface area (Å²) in [5.41, 5.74) is 3.52. The van der Waals surface area contributed by atoms with Gasteiger partial charge in [0, 0.05) is 11.6 Å². The lowest BCUT2D eigenvalue weighted by Gasteiger charge is -2.09. The van der Waals surface area contributed by atoms with Crippen LogP contribution in [0.15, 0.2) is 22.7 Å². The van der Waals surface area contributed by atoms with Gasteiger partial charge in [-0.3, -0.25) is 4.79 Å². The fourth-order valence-corrected chi connectivity index (χ4v) is 2.48. The van der Waals surface area contributed by atoms with Crippen molar-refractivity contribution in [2.24, 2.45) is 0 Å². The number of hydrogen-bond acceptors (Lipinski definition) is 5. The molecular formula is C18H22N2O4. The number of ether oxygens (including phenoxy) is 1. The van der Waals surface area contributed by atoms with Crippen molar-refractivity contribution in [1.29, 1.82) is 0 Å². The Labute approximate surface area is 141 Å². The zero-order chi connectivity index (χ0) is 17.9. The largest absolute Gasteiger partial charge is 0.452 e. The third-order valence-corrected chi connectivity index (χ3v) is 3.46. The molecule has 0 radical (unpaired) electrons. The van der Waals surface area contributed by atoms with Crippen molar-refractivity contribution in [3.63, 3.8) is 0 Å². The lowest BCUT2D eigenvalue weighted by atomic mass is 10.1. The van der Waals surface area contributed by atoms with Gasteiger partial charge in [-0.15, -0.1) is 0 Å². The smallest absolute Gasteiger partial charge is 0.344 e. The van der Waals surface area contributed by atoms with E-state index in [2.05, 4.69) is 10.5 Å². The lowest BCUT2D eigenvalue weighted by Crippen LogP contribution is -2.21. The summed E-state index contributed by atoms with van der Waals surface area (Å²) in [4.78, 5) is 24.2. The molecule has 0 fully saturated rings. The lowest BCUT2D eigenvalue weighted by molar-refractivity contribution is -0.119. The molecule has 0 aliphatic heterocycles. The number of nitrogens with zero attached hydrogens (tertiary/aromatic N) is 1. The van der Waals surface area contributed by atoms with Gasteiger partial charge in [-0.05, 0) is 44.0 Å². The summed E-state index contributed by atoms with van der Waals surface area (Å²) < 4.78 is 10.3. The average Bonchev–Trinajstić information content (AvgIpc) is 2.85. The Balaban J connectivity index is 1.99. The number of anilines is 1. The van der Waals surface area contributed by atoms with Crippen molar-refractivity contribution in [3.05, 3.63) is 46.3 Å². The first kappa shape index (κ1) is 17.7. The first-order valence-electron chi connectivity index (χ1n) is 7.79. The molecule has 24 heavy (non-hydrogen) atoms. The zero-order valence-electron chi connectivity index (χ0n) is 14.6. The number of hydrogen-bond donors (Lipinski definition) is 1. The van der Waals surface area contributed by atoms with Gasteiger partial charge in [-0.1, -0.05) is 25.1 Å². The van der Waals surface area contributed by atoms with Crippen LogP contribution in [0.3, 0.4) is 0 Å². The molecule has 1 N–H and O–H groups in total. The predicted molar refractivity (Wildman–Crippen MR) is 90.2 cm³/mol. The monoisotopic (exact) mass is 330 g/mol. The van der Waals surface area contributed by atoms with Crippen LogP contribution in [0.25, 0.3) is 0 Å². The highest BCUT2D eigenvalue weighted by atomic mass is 16.5. The Morgan fingerprint density at radius 3 is 2.38 bits per heavy atom. The maximum atomic E-state index is 12.2. The van der Waals surface area contributed by atoms with Gasteiger partial charge in [0.05, 0.1) is 5.69 Å². The van der Waals surface area contributed by atoms with Gasteiger partial charge in [0.25, 0.3) is 5.91 Å². The van der Waals surface area contributed by atoms with Gasteiger partial charge >= 0.3 is 5.97 Å². The van der Waals surface area contributed by atoms with Crippen LogP contribution in [-0.2, 0) is 9.53 Å². The van der Waals surface area contributed by atoms with Crippen LogP contribution in [0.4, 0.5) is 5.69 Å². The fraction of sp³-hybridized carbons (Fsp3) is 0.389. The van der Waals surface area contributed by atoms with Gasteiger partial charge in [0.15, 0.2) is 12.4 Å². The van der Waals surface area contributed by atoms with E-state index in [0.717, 1.165) is 11.1 Å². The molecule has 2 rings (SSSR count). The molecule has 0 unspecified atom stereocenters. The summed E-state index contributed by atoms with van der Waals surface area (Å²) in [6.45, 7) is 8.98. The van der Waals surface area contributed by atoms with Crippen molar-refractivity contribution in [2.45, 2.75) is 40.5 Å². The number of nitrogens with one attached hydrogen (secondary N) is 1. The van der Waals surface area contributed by atoms with E-state index in [4.69, 9.17) is 9.26 Å². The summed E-state index contributed by atoms with van der Waals surface area (Å²) in [7, 11) is 0. The summed E-state index contributed by atoms with van der Waals surface area (Å²) in [5.74, 6) is -0.536. The fourth-order valence-electron chi connectivity index (χ4n) is 2.48. The average molecular weight is 330 g/mol. The normalized spacial score (nSPS) is 10.8. The summed E-state index contributed by atoms with van der Waals surface area (Å²) in [6, 6.07) is 5.72. The second-order valence-corrected chi connectivity index (χ2v) is 6.16. The summed E-state index contributed by atoms with van der Waals surface area (Å²) in [6.07, 6.45) is 0. The Morgan fingerprint density at radius 2 is 1.79 bits per heavy atom. The molecule has 0 aliphatic rings. The first-order chi connectivity index (χ1) is 11.3. The zero-order valence-corrected chi connectivity index (χ0v) is 14.6. The Bertz CT molecular complexity index is 742. The summed E-state index contributed by atoms with van der Waals surface area (Å²) in [5, 5.41) is 6.52. The van der Waals surface area contributed by atoms with Crippen LogP contribution < -0.4 is 5.32 Å². The Morgan fingerprint density at radius 1 is 1.17 bits per heavy atom. The second kappa shape index (κ2) is 7.29. The van der Waals surface area contributed by atoms with Crippen molar-refractivity contribution >= 4 is 17.6 Å². The SMILES string of the molecule is Cc1cc(C)cc(NC(=O)COC(=O)c2c(C)noc2C(C)C)c1. The first-order valence-corrected chi connectivity index (χ1v) is 7.79. The maximum absolute atomic E-state index is 12.2. The Kier molecular flexibility index (Phi) is 5.39. The Hall–Kier alpha value is -2.63. The van der Waals surface area contributed by atoms with Crippen molar-refractivity contribution < 1.29 is 18.8 Å². The molecule has 0 spiro atoms. The minimum Gasteiger partial charge on any atom is -0.452 e. The highest BCUT2D eigenvalue weighted by molar-refractivity contribution is 5.96. The van der Waals surface area contributed by atoms with Crippen LogP contribution in [0.5, 0.6) is 0 Å². The van der Waals surface area contributed by atoms with Gasteiger partial charge < -0.3 is 14.6 Å². The number of carbonyl (C=O) groups excluding carboxylic acids is 2. The molecule has 128 valence electrons. The van der Waals surface area contributed by atoms with Gasteiger partial charge in [-0.2, -0.15) is 0 Å². The molecule has 0 saturated carbocycles. The van der Waals surface area contributed by atoms with E-state index in [0.29, 0.717) is 22.7 Å². The van der Waals surface area contributed by atoms with Crippen LogP contribution in [-0.4, -0.2) is 23.6 Å². The van der Waals surface area contributed by atoms with E-state index in [1.54, 1.807) is 6.92 Å². The molecule has 6 heteroatoms. The van der Waals surface area contributed by atoms with E-state index in [1.807, 2.05) is 45.9 Å². The third-order valence-electron chi connectivity index (χ3n) is 3.46. The molecule has 1 heterocycles. The van der Waals surface area contributed by atoms with Gasteiger partial charge in [0.2, 0.25) is 0 Å². The van der Waals surface area contributed by atoms with E-state index in [1.165, 1.54) is 0 Å². The molecule has 1 aromatic heterocycles. The molecule has 0 aliphatic carbocycles. The third kappa shape index (κ3) is 4.22.